The summed E-state index contributed by atoms with van der Waals surface area (Å²) < 4.78 is 18.8. The summed E-state index contributed by atoms with van der Waals surface area (Å²) in [6, 6.07) is 0. The van der Waals surface area contributed by atoms with Crippen LogP contribution in [0.1, 0.15) is 0 Å². The lowest BCUT2D eigenvalue weighted by Gasteiger charge is -2.35. The van der Waals surface area contributed by atoms with Crippen LogP contribution in [0.25, 0.3) is 0 Å². The van der Waals surface area contributed by atoms with Crippen LogP contribution in [-0.2, 0) is 4.74 Å². The number of ether oxygens (including phenoxy) is 1. The van der Waals surface area contributed by atoms with Crippen molar-refractivity contribution in [3.63, 3.8) is 0 Å². The fourth-order valence-electron chi connectivity index (χ4n) is 2.07. The van der Waals surface area contributed by atoms with Crippen LogP contribution in [0.3, 0.4) is 0 Å². The first-order chi connectivity index (χ1) is 9.35. The van der Waals surface area contributed by atoms with Gasteiger partial charge < -0.3 is 30.7 Å². The van der Waals surface area contributed by atoms with Gasteiger partial charge in [0.2, 0.25) is 0 Å². The smallest absolute Gasteiger partial charge is 0.199 e. The van der Waals surface area contributed by atoms with E-state index in [2.05, 4.69) is 11.6 Å². The third-order valence-corrected chi connectivity index (χ3v) is 3.19. The number of halogens is 1. The van der Waals surface area contributed by atoms with Crippen LogP contribution in [0.2, 0.25) is 0 Å². The van der Waals surface area contributed by atoms with Crippen molar-refractivity contribution in [2.75, 3.05) is 6.61 Å². The Balaban J connectivity index is 2.38. The molecule has 1 fully saturated rings. The predicted molar refractivity (Wildman–Crippen MR) is 67.3 cm³/mol. The Hall–Kier alpha value is -1.92. The number of aliphatic hydroxyl groups is 3. The van der Waals surface area contributed by atoms with E-state index in [-0.39, 0.29) is 11.7 Å². The van der Waals surface area contributed by atoms with Gasteiger partial charge in [-0.3, -0.25) is 0 Å². The summed E-state index contributed by atoms with van der Waals surface area (Å²) in [6.45, 7) is 2.97. The molecule has 0 aromatic rings. The van der Waals surface area contributed by atoms with E-state index >= 15 is 0 Å². The monoisotopic (exact) mass is 283 g/mol. The maximum absolute atomic E-state index is 13.5. The second kappa shape index (κ2) is 4.88. The van der Waals surface area contributed by atoms with Crippen LogP contribution in [0.5, 0.6) is 0 Å². The van der Waals surface area contributed by atoms with E-state index in [1.807, 2.05) is 5.92 Å². The van der Waals surface area contributed by atoms with Crippen LogP contribution in [0, 0.1) is 12.3 Å². The van der Waals surface area contributed by atoms with Gasteiger partial charge >= 0.3 is 0 Å². The van der Waals surface area contributed by atoms with Gasteiger partial charge in [0.05, 0.1) is 6.61 Å². The SMILES string of the molecule is C#CC1(O)[C@@H](O)[C@@H](CO)O[C@H]1N1C=C(F)C(N)=NC1=C. The predicted octanol–water partition coefficient (Wildman–Crippen LogP) is -1.62. The van der Waals surface area contributed by atoms with E-state index in [9.17, 15) is 14.6 Å². The van der Waals surface area contributed by atoms with E-state index in [1.165, 1.54) is 0 Å². The fourth-order valence-corrected chi connectivity index (χ4v) is 2.07. The number of hydrogen-bond donors (Lipinski definition) is 4. The lowest BCUT2D eigenvalue weighted by atomic mass is 9.94. The summed E-state index contributed by atoms with van der Waals surface area (Å²) in [5.74, 6) is 0.757. The molecule has 20 heavy (non-hydrogen) atoms. The zero-order valence-electron chi connectivity index (χ0n) is 10.4. The second-order valence-corrected chi connectivity index (χ2v) is 4.42. The summed E-state index contributed by atoms with van der Waals surface area (Å²) in [7, 11) is 0. The van der Waals surface area contributed by atoms with Crippen molar-refractivity contribution >= 4 is 5.84 Å². The summed E-state index contributed by atoms with van der Waals surface area (Å²) in [5.41, 5.74) is 3.14. The van der Waals surface area contributed by atoms with Crippen molar-refractivity contribution in [3.05, 3.63) is 24.4 Å². The molecule has 1 unspecified atom stereocenters. The van der Waals surface area contributed by atoms with Gasteiger partial charge in [0.25, 0.3) is 0 Å². The molecule has 8 heteroatoms. The lowest BCUT2D eigenvalue weighted by Crippen LogP contribution is -2.53. The molecule has 0 saturated carbocycles. The largest absolute Gasteiger partial charge is 0.394 e. The molecule has 0 aromatic heterocycles. The molecule has 4 atom stereocenters. The molecule has 2 heterocycles. The maximum atomic E-state index is 13.5. The number of amidine groups is 1. The molecule has 0 aromatic carbocycles. The Morgan fingerprint density at radius 2 is 2.35 bits per heavy atom. The van der Waals surface area contributed by atoms with Crippen molar-refractivity contribution < 1.29 is 24.4 Å². The van der Waals surface area contributed by atoms with Crippen molar-refractivity contribution in [2.24, 2.45) is 10.7 Å². The fraction of sp³-hybridized carbons (Fsp3) is 0.417. The third kappa shape index (κ3) is 1.97. The topological polar surface area (TPSA) is 112 Å². The molecular formula is C12H14FN3O4. The number of hydrogen-bond acceptors (Lipinski definition) is 7. The van der Waals surface area contributed by atoms with Gasteiger partial charge in [-0.25, -0.2) is 9.38 Å². The molecule has 108 valence electrons. The summed E-state index contributed by atoms with van der Waals surface area (Å²) >= 11 is 0. The van der Waals surface area contributed by atoms with Gasteiger partial charge in [0.15, 0.2) is 23.5 Å². The minimum Gasteiger partial charge on any atom is -0.394 e. The summed E-state index contributed by atoms with van der Waals surface area (Å²) in [6.07, 6.45) is 2.12. The first kappa shape index (κ1) is 14.5. The van der Waals surface area contributed by atoms with E-state index in [1.54, 1.807) is 0 Å². The zero-order chi connectivity index (χ0) is 15.1. The number of aliphatic hydroxyl groups excluding tert-OH is 2. The first-order valence-corrected chi connectivity index (χ1v) is 5.68. The van der Waals surface area contributed by atoms with Crippen LogP contribution >= 0.6 is 0 Å². The quantitative estimate of drug-likeness (QED) is 0.453. The van der Waals surface area contributed by atoms with Crippen molar-refractivity contribution in [1.29, 1.82) is 0 Å². The zero-order valence-corrected chi connectivity index (χ0v) is 10.4. The van der Waals surface area contributed by atoms with Crippen LogP contribution in [0.4, 0.5) is 4.39 Å². The molecule has 0 amide bonds. The molecule has 0 spiro atoms. The van der Waals surface area contributed by atoms with E-state index < -0.39 is 36.5 Å². The van der Waals surface area contributed by atoms with Crippen LogP contribution in [0.15, 0.2) is 29.4 Å². The molecule has 0 aliphatic carbocycles. The maximum Gasteiger partial charge on any atom is 0.199 e. The molecule has 1 saturated heterocycles. The molecule has 0 radical (unpaired) electrons. The highest BCUT2D eigenvalue weighted by Gasteiger charge is 2.57. The van der Waals surface area contributed by atoms with Gasteiger partial charge in [0.1, 0.15) is 18.0 Å². The average molecular weight is 283 g/mol. The van der Waals surface area contributed by atoms with Gasteiger partial charge in [0, 0.05) is 6.20 Å². The Labute approximate surface area is 114 Å². The van der Waals surface area contributed by atoms with E-state index in [4.69, 9.17) is 22.0 Å². The molecule has 2 rings (SSSR count). The van der Waals surface area contributed by atoms with Gasteiger partial charge in [-0.1, -0.05) is 12.5 Å². The van der Waals surface area contributed by atoms with Crippen LogP contribution < -0.4 is 5.73 Å². The summed E-state index contributed by atoms with van der Waals surface area (Å²) in [5, 5.41) is 29.3. The Bertz CT molecular complexity index is 541. The normalized spacial score (nSPS) is 37.5. The second-order valence-electron chi connectivity index (χ2n) is 4.42. The highest BCUT2D eigenvalue weighted by molar-refractivity contribution is 5.96. The number of terminal acetylenes is 1. The number of aliphatic imine (C=N–C) groups is 1. The first-order valence-electron chi connectivity index (χ1n) is 5.68. The highest BCUT2D eigenvalue weighted by atomic mass is 19.1. The number of nitrogens with two attached hydrogens (primary N) is 1. The van der Waals surface area contributed by atoms with Gasteiger partial charge in [-0.05, 0) is 0 Å². The van der Waals surface area contributed by atoms with E-state index in [0.29, 0.717) is 0 Å². The number of rotatable bonds is 2. The van der Waals surface area contributed by atoms with Gasteiger partial charge in [-0.15, -0.1) is 6.42 Å². The molecule has 2 aliphatic heterocycles. The Morgan fingerprint density at radius 3 is 2.90 bits per heavy atom. The lowest BCUT2D eigenvalue weighted by molar-refractivity contribution is -0.0911. The third-order valence-electron chi connectivity index (χ3n) is 3.19. The minimum atomic E-state index is -2.16. The van der Waals surface area contributed by atoms with Crippen LogP contribution in [-0.4, -0.2) is 56.7 Å². The average Bonchev–Trinajstić information content (AvgIpc) is 2.67. The number of nitrogens with zero attached hydrogens (tertiary/aromatic N) is 2. The van der Waals surface area contributed by atoms with Gasteiger partial charge in [-0.2, -0.15) is 0 Å². The molecule has 2 aliphatic rings. The van der Waals surface area contributed by atoms with Crippen molar-refractivity contribution in [2.45, 2.75) is 24.0 Å². The van der Waals surface area contributed by atoms with Crippen molar-refractivity contribution in [3.8, 4) is 12.3 Å². The highest BCUT2D eigenvalue weighted by Crippen LogP contribution is 2.36. The Kier molecular flexibility index (Phi) is 3.54. The molecule has 7 nitrogen and oxygen atoms in total. The molecule has 5 N–H and O–H groups in total. The van der Waals surface area contributed by atoms with Crippen molar-refractivity contribution in [1.82, 2.24) is 4.90 Å². The minimum absolute atomic E-state index is 0.0200. The Morgan fingerprint density at radius 1 is 1.70 bits per heavy atom. The standard InChI is InChI=1S/C12H14FN3O4/c1-3-12(19)9(18)8(5-17)20-11(12)16-4-7(13)10(14)15-6(16)2/h1,4,8-9,11,17-19H,2,5H2,(H2,14,15)/t8-,9+,11-,12?/m1/s1. The molecule has 0 bridgehead atoms. The van der Waals surface area contributed by atoms with E-state index in [0.717, 1.165) is 11.1 Å². The molecular weight excluding hydrogens is 269 g/mol. The summed E-state index contributed by atoms with van der Waals surface area (Å²) in [4.78, 5) is 4.66.